The second-order valence-electron chi connectivity index (χ2n) is 11.1. The van der Waals surface area contributed by atoms with Gasteiger partial charge in [0.05, 0.1) is 46.5 Å². The predicted molar refractivity (Wildman–Crippen MR) is 163 cm³/mol. The number of sulfone groups is 1. The van der Waals surface area contributed by atoms with E-state index in [4.69, 9.17) is 9.72 Å². The van der Waals surface area contributed by atoms with Crippen molar-refractivity contribution in [2.24, 2.45) is 0 Å². The van der Waals surface area contributed by atoms with Crippen molar-refractivity contribution in [2.45, 2.75) is 57.6 Å². The van der Waals surface area contributed by atoms with Gasteiger partial charge in [0.25, 0.3) is 0 Å². The molecule has 0 saturated heterocycles. The van der Waals surface area contributed by atoms with Crippen molar-refractivity contribution >= 4 is 32.1 Å². The van der Waals surface area contributed by atoms with Crippen LogP contribution in [0.25, 0.3) is 28.0 Å². The summed E-state index contributed by atoms with van der Waals surface area (Å²) in [6.45, 7) is 7.09. The molecule has 0 radical (unpaired) electrons. The molecule has 42 heavy (non-hydrogen) atoms. The molecule has 0 saturated carbocycles. The summed E-state index contributed by atoms with van der Waals surface area (Å²) in [7, 11) is -3.25. The third-order valence-electron chi connectivity index (χ3n) is 6.43. The highest BCUT2D eigenvalue weighted by Crippen LogP contribution is 2.34. The molecule has 3 aromatic heterocycles. The van der Waals surface area contributed by atoms with Gasteiger partial charge in [-0.15, -0.1) is 4.72 Å². The molecule has 4 rings (SSSR count). The van der Waals surface area contributed by atoms with E-state index in [0.29, 0.717) is 51.5 Å². The topological polar surface area (TPSA) is 163 Å². The molecule has 0 spiro atoms. The van der Waals surface area contributed by atoms with Gasteiger partial charge in [-0.2, -0.15) is 5.10 Å². The molecular formula is C29H37N5O6S2. The Labute approximate surface area is 249 Å². The molecule has 11 nitrogen and oxygen atoms in total. The molecule has 0 aliphatic heterocycles. The third kappa shape index (κ3) is 7.46. The van der Waals surface area contributed by atoms with Crippen molar-refractivity contribution in [2.75, 3.05) is 18.6 Å². The average Bonchev–Trinajstić information content (AvgIpc) is 3.36. The standard InChI is InChI=1S/C29H37N5O6S2/c1-6-13-29(36,33-41(37)28(2,3)4)26-11-8-10-23(32-26)20-16-24-22(25(17-20)40-14-15-42(5,38)39)18-30-34(24)27-12-7-9-21(19-35)31-27/h7-12,16-18,33,35-36H,6,13-15,19H2,1-5H3/t29-,41+/m0/s1. The lowest BCUT2D eigenvalue weighted by molar-refractivity contribution is 0.0101. The minimum absolute atomic E-state index is 0.0624. The largest absolute Gasteiger partial charge is 0.598 e. The van der Waals surface area contributed by atoms with Crippen molar-refractivity contribution in [3.63, 3.8) is 0 Å². The number of aliphatic hydroxyl groups is 2. The first-order chi connectivity index (χ1) is 19.7. The highest BCUT2D eigenvalue weighted by molar-refractivity contribution is 7.91. The van der Waals surface area contributed by atoms with Crippen LogP contribution in [0.5, 0.6) is 5.75 Å². The Morgan fingerprint density at radius 2 is 1.86 bits per heavy atom. The summed E-state index contributed by atoms with van der Waals surface area (Å²) in [5.41, 5.74) is 0.886. The fraction of sp³-hybridized carbons (Fsp3) is 0.414. The molecule has 1 aromatic carbocycles. The lowest BCUT2D eigenvalue weighted by Crippen LogP contribution is -2.51. The van der Waals surface area contributed by atoms with Crippen LogP contribution in [-0.2, 0) is 33.5 Å². The number of aliphatic hydroxyl groups excluding tert-OH is 1. The Bertz CT molecular complexity index is 1650. The smallest absolute Gasteiger partial charge is 0.200 e. The summed E-state index contributed by atoms with van der Waals surface area (Å²) in [4.78, 5) is 9.24. The summed E-state index contributed by atoms with van der Waals surface area (Å²) in [5.74, 6) is 0.712. The van der Waals surface area contributed by atoms with Crippen LogP contribution in [0.15, 0.2) is 54.7 Å². The Morgan fingerprint density at radius 3 is 2.52 bits per heavy atom. The molecule has 226 valence electrons. The number of hydrogen-bond donors (Lipinski definition) is 3. The van der Waals surface area contributed by atoms with Crippen molar-refractivity contribution in [1.82, 2.24) is 24.5 Å². The van der Waals surface area contributed by atoms with Crippen LogP contribution in [0, 0.1) is 0 Å². The number of ether oxygens (including phenoxy) is 1. The Hall–Kier alpha value is -3.07. The van der Waals surface area contributed by atoms with Gasteiger partial charge in [-0.25, -0.2) is 23.1 Å². The van der Waals surface area contributed by atoms with Gasteiger partial charge in [0.2, 0.25) is 0 Å². The van der Waals surface area contributed by atoms with Crippen LogP contribution >= 0.6 is 0 Å². The number of aromatic nitrogens is 4. The van der Waals surface area contributed by atoms with E-state index in [9.17, 15) is 23.2 Å². The van der Waals surface area contributed by atoms with Crippen LogP contribution in [0.2, 0.25) is 0 Å². The zero-order valence-corrected chi connectivity index (χ0v) is 26.0. The van der Waals surface area contributed by atoms with E-state index in [2.05, 4.69) is 14.8 Å². The number of pyridine rings is 2. The van der Waals surface area contributed by atoms with Gasteiger partial charge in [-0.05, 0) is 63.6 Å². The lowest BCUT2D eigenvalue weighted by atomic mass is 10.0. The van der Waals surface area contributed by atoms with Crippen molar-refractivity contribution in [1.29, 1.82) is 0 Å². The Balaban J connectivity index is 1.84. The summed E-state index contributed by atoms with van der Waals surface area (Å²) in [6.07, 6.45) is 3.65. The molecule has 2 atom stereocenters. The first-order valence-corrected chi connectivity index (χ1v) is 16.7. The van der Waals surface area contributed by atoms with E-state index in [1.54, 1.807) is 53.3 Å². The highest BCUT2D eigenvalue weighted by Gasteiger charge is 2.39. The van der Waals surface area contributed by atoms with Gasteiger partial charge in [0.1, 0.15) is 17.1 Å². The first-order valence-electron chi connectivity index (χ1n) is 13.5. The summed E-state index contributed by atoms with van der Waals surface area (Å²) in [6, 6.07) is 14.1. The summed E-state index contributed by atoms with van der Waals surface area (Å²) < 4.78 is 46.3. The molecule has 0 unspecified atom stereocenters. The Kier molecular flexibility index (Phi) is 9.60. The van der Waals surface area contributed by atoms with E-state index in [0.717, 1.165) is 6.26 Å². The number of benzene rings is 1. The second-order valence-corrected chi connectivity index (χ2v) is 15.3. The van der Waals surface area contributed by atoms with E-state index in [1.165, 1.54) is 0 Å². The van der Waals surface area contributed by atoms with Crippen LogP contribution in [0.1, 0.15) is 51.9 Å². The van der Waals surface area contributed by atoms with Crippen molar-refractivity contribution < 1.29 is 27.9 Å². The molecule has 0 fully saturated rings. The molecule has 0 amide bonds. The van der Waals surface area contributed by atoms with Gasteiger partial charge in [0, 0.05) is 23.2 Å². The quantitative estimate of drug-likeness (QED) is 0.159. The summed E-state index contributed by atoms with van der Waals surface area (Å²) >= 11 is -1.56. The number of hydrogen-bond acceptors (Lipinski definition) is 10. The fourth-order valence-electron chi connectivity index (χ4n) is 4.25. The normalized spacial score (nSPS) is 14.6. The molecule has 3 N–H and O–H groups in total. The van der Waals surface area contributed by atoms with Gasteiger partial charge >= 0.3 is 0 Å². The van der Waals surface area contributed by atoms with E-state index >= 15 is 0 Å². The molecule has 13 heteroatoms. The minimum atomic E-state index is -3.25. The molecule has 0 bridgehead atoms. The monoisotopic (exact) mass is 615 g/mol. The third-order valence-corrected chi connectivity index (χ3v) is 8.98. The van der Waals surface area contributed by atoms with E-state index in [1.807, 2.05) is 33.8 Å². The maximum Gasteiger partial charge on any atom is 0.200 e. The SMILES string of the molecule is CCC[C@@](O)(N[S@+]([O-])C(C)(C)C)c1cccc(-c2cc(OCCS(C)(=O)=O)c3cnn(-c4cccc(CO)n4)c3c2)n1. The van der Waals surface area contributed by atoms with Gasteiger partial charge in [-0.3, -0.25) is 0 Å². The minimum Gasteiger partial charge on any atom is -0.598 e. The van der Waals surface area contributed by atoms with Crippen molar-refractivity contribution in [3.05, 3.63) is 66.1 Å². The van der Waals surface area contributed by atoms with E-state index in [-0.39, 0.29) is 25.4 Å². The molecule has 0 aliphatic rings. The number of rotatable bonds is 12. The molecule has 4 aromatic rings. The average molecular weight is 616 g/mol. The number of fused-ring (bicyclic) bond motifs is 1. The van der Waals surface area contributed by atoms with Gasteiger partial charge in [0.15, 0.2) is 21.4 Å². The van der Waals surface area contributed by atoms with Crippen LogP contribution in [0.4, 0.5) is 0 Å². The van der Waals surface area contributed by atoms with Gasteiger partial charge < -0.3 is 19.5 Å². The van der Waals surface area contributed by atoms with Crippen molar-refractivity contribution in [3.8, 4) is 22.8 Å². The maximum atomic E-state index is 13.0. The predicted octanol–water partition coefficient (Wildman–Crippen LogP) is 3.40. The van der Waals surface area contributed by atoms with E-state index < -0.39 is 31.7 Å². The number of nitrogens with zero attached hydrogens (tertiary/aromatic N) is 4. The number of nitrogens with one attached hydrogen (secondary N) is 1. The van der Waals surface area contributed by atoms with Gasteiger partial charge in [-0.1, -0.05) is 25.5 Å². The Morgan fingerprint density at radius 1 is 1.12 bits per heavy atom. The first kappa shape index (κ1) is 31.9. The fourth-order valence-corrected chi connectivity index (χ4v) is 5.45. The van der Waals surface area contributed by atoms with Crippen LogP contribution in [0.3, 0.4) is 0 Å². The molecular weight excluding hydrogens is 578 g/mol. The zero-order chi connectivity index (χ0) is 30.7. The second kappa shape index (κ2) is 12.7. The maximum absolute atomic E-state index is 13.0. The van der Waals surface area contributed by atoms with Crippen LogP contribution < -0.4 is 9.46 Å². The summed E-state index contributed by atoms with van der Waals surface area (Å²) in [5, 5.41) is 26.3. The molecule has 3 heterocycles. The molecule has 0 aliphatic carbocycles. The van der Waals surface area contributed by atoms with Crippen LogP contribution in [-0.4, -0.2) is 66.3 Å². The lowest BCUT2D eigenvalue weighted by Gasteiger charge is -2.33. The highest BCUT2D eigenvalue weighted by atomic mass is 32.2. The zero-order valence-electron chi connectivity index (χ0n) is 24.4.